The average molecular weight is 347 g/mol. The zero-order chi connectivity index (χ0) is 17.7. The normalized spacial score (nSPS) is 11.3. The van der Waals surface area contributed by atoms with Crippen molar-refractivity contribution in [2.24, 2.45) is 0 Å². The molecule has 24 heavy (non-hydrogen) atoms. The van der Waals surface area contributed by atoms with Gasteiger partial charge in [-0.2, -0.15) is 0 Å². The number of sulfonamides is 1. The molecule has 0 aliphatic heterocycles. The highest BCUT2D eigenvalue weighted by molar-refractivity contribution is 7.92. The number of unbranched alkanes of at least 4 members (excludes halogenated alkanes) is 1. The minimum atomic E-state index is -3.62. The second-order valence-corrected chi connectivity index (χ2v) is 7.74. The predicted molar refractivity (Wildman–Crippen MR) is 98.3 cm³/mol. The van der Waals surface area contributed by atoms with Crippen LogP contribution in [0, 0.1) is 20.8 Å². The molecule has 0 unspecified atom stereocenters. The zero-order valence-corrected chi connectivity index (χ0v) is 15.5. The molecular formula is C19H25NO3S. The molecule has 0 bridgehead atoms. The Balaban J connectivity index is 2.19. The van der Waals surface area contributed by atoms with Crippen LogP contribution in [0.1, 0.15) is 36.5 Å². The molecule has 0 heterocycles. The summed E-state index contributed by atoms with van der Waals surface area (Å²) in [6.45, 7) is 8.54. The van der Waals surface area contributed by atoms with Gasteiger partial charge in [-0.25, -0.2) is 8.42 Å². The van der Waals surface area contributed by atoms with Crippen molar-refractivity contribution < 1.29 is 13.2 Å². The molecule has 1 N–H and O–H groups in total. The molecule has 2 rings (SSSR count). The highest BCUT2D eigenvalue weighted by Gasteiger charge is 2.17. The molecule has 5 heteroatoms. The number of anilines is 1. The van der Waals surface area contributed by atoms with Gasteiger partial charge in [0, 0.05) is 0 Å². The third kappa shape index (κ3) is 4.51. The Kier molecular flexibility index (Phi) is 5.89. The maximum atomic E-state index is 12.6. The summed E-state index contributed by atoms with van der Waals surface area (Å²) in [5, 5.41) is 0. The van der Waals surface area contributed by atoms with Crippen LogP contribution in [-0.4, -0.2) is 15.0 Å². The van der Waals surface area contributed by atoms with E-state index in [-0.39, 0.29) is 4.90 Å². The second-order valence-electron chi connectivity index (χ2n) is 6.05. The first-order valence-electron chi connectivity index (χ1n) is 8.17. The Labute approximate surface area is 144 Å². The van der Waals surface area contributed by atoms with Gasteiger partial charge >= 0.3 is 0 Å². The third-order valence-electron chi connectivity index (χ3n) is 3.81. The molecule has 0 saturated carbocycles. The van der Waals surface area contributed by atoms with Crippen molar-refractivity contribution in [2.75, 3.05) is 11.3 Å². The highest BCUT2D eigenvalue weighted by Crippen LogP contribution is 2.25. The summed E-state index contributed by atoms with van der Waals surface area (Å²) in [7, 11) is -3.62. The zero-order valence-electron chi connectivity index (χ0n) is 14.7. The quantitative estimate of drug-likeness (QED) is 0.745. The van der Waals surface area contributed by atoms with Gasteiger partial charge in [0.1, 0.15) is 5.75 Å². The van der Waals surface area contributed by atoms with Gasteiger partial charge in [0.05, 0.1) is 17.2 Å². The summed E-state index contributed by atoms with van der Waals surface area (Å²) in [5.41, 5.74) is 3.58. The van der Waals surface area contributed by atoms with E-state index in [0.717, 1.165) is 29.5 Å². The molecule has 130 valence electrons. The van der Waals surface area contributed by atoms with Crippen LogP contribution in [0.15, 0.2) is 41.3 Å². The number of hydrogen-bond donors (Lipinski definition) is 1. The Morgan fingerprint density at radius 2 is 1.58 bits per heavy atom. The van der Waals surface area contributed by atoms with Crippen molar-refractivity contribution in [3.05, 3.63) is 53.1 Å². The molecule has 2 aromatic rings. The van der Waals surface area contributed by atoms with Crippen LogP contribution < -0.4 is 9.46 Å². The van der Waals surface area contributed by atoms with Gasteiger partial charge < -0.3 is 4.74 Å². The van der Waals surface area contributed by atoms with Crippen molar-refractivity contribution in [1.82, 2.24) is 0 Å². The molecule has 2 aromatic carbocycles. The number of aryl methyl sites for hydroxylation is 3. The molecule has 0 aliphatic carbocycles. The van der Waals surface area contributed by atoms with E-state index < -0.39 is 10.0 Å². The summed E-state index contributed by atoms with van der Waals surface area (Å²) in [5.74, 6) is 0.685. The van der Waals surface area contributed by atoms with Crippen molar-refractivity contribution in [1.29, 1.82) is 0 Å². The van der Waals surface area contributed by atoms with E-state index in [1.807, 2.05) is 32.9 Å². The van der Waals surface area contributed by atoms with Crippen molar-refractivity contribution in [2.45, 2.75) is 45.4 Å². The van der Waals surface area contributed by atoms with Gasteiger partial charge in [-0.1, -0.05) is 31.0 Å². The van der Waals surface area contributed by atoms with Crippen LogP contribution in [-0.2, 0) is 10.0 Å². The van der Waals surface area contributed by atoms with Crippen molar-refractivity contribution in [3.63, 3.8) is 0 Å². The third-order valence-corrected chi connectivity index (χ3v) is 5.18. The Morgan fingerprint density at radius 1 is 1.00 bits per heavy atom. The molecule has 0 spiro atoms. The molecule has 4 nitrogen and oxygen atoms in total. The van der Waals surface area contributed by atoms with Gasteiger partial charge in [-0.05, 0) is 62.6 Å². The fourth-order valence-electron chi connectivity index (χ4n) is 2.58. The van der Waals surface area contributed by atoms with Gasteiger partial charge in [0.25, 0.3) is 10.0 Å². The topological polar surface area (TPSA) is 55.4 Å². The number of rotatable bonds is 7. The highest BCUT2D eigenvalue weighted by atomic mass is 32.2. The van der Waals surface area contributed by atoms with Gasteiger partial charge in [-0.15, -0.1) is 0 Å². The maximum Gasteiger partial charge on any atom is 0.261 e. The van der Waals surface area contributed by atoms with E-state index in [4.69, 9.17) is 4.74 Å². The number of nitrogens with one attached hydrogen (secondary N) is 1. The number of hydrogen-bond acceptors (Lipinski definition) is 3. The lowest BCUT2D eigenvalue weighted by atomic mass is 10.1. The summed E-state index contributed by atoms with van der Waals surface area (Å²) in [6, 6.07) is 10.5. The Morgan fingerprint density at radius 3 is 2.12 bits per heavy atom. The minimum absolute atomic E-state index is 0.227. The van der Waals surface area contributed by atoms with Crippen LogP contribution in [0.5, 0.6) is 5.75 Å². The SMILES string of the molecule is CCCCOc1ccc(S(=O)(=O)Nc2c(C)cc(C)cc2C)cc1. The van der Waals surface area contributed by atoms with E-state index in [2.05, 4.69) is 11.6 Å². The van der Waals surface area contributed by atoms with Crippen molar-refractivity contribution in [3.8, 4) is 5.75 Å². The van der Waals surface area contributed by atoms with E-state index >= 15 is 0 Å². The van der Waals surface area contributed by atoms with Crippen LogP contribution in [0.3, 0.4) is 0 Å². The minimum Gasteiger partial charge on any atom is -0.494 e. The van der Waals surface area contributed by atoms with Gasteiger partial charge in [-0.3, -0.25) is 4.72 Å². The monoisotopic (exact) mass is 347 g/mol. The maximum absolute atomic E-state index is 12.6. The molecular weight excluding hydrogens is 322 g/mol. The largest absolute Gasteiger partial charge is 0.494 e. The molecule has 0 aromatic heterocycles. The smallest absolute Gasteiger partial charge is 0.261 e. The molecule has 0 amide bonds. The molecule has 0 fully saturated rings. The first kappa shape index (κ1) is 18.3. The molecule has 0 radical (unpaired) electrons. The summed E-state index contributed by atoms with van der Waals surface area (Å²) >= 11 is 0. The lowest BCUT2D eigenvalue weighted by molar-refractivity contribution is 0.309. The first-order valence-corrected chi connectivity index (χ1v) is 9.65. The van der Waals surface area contributed by atoms with E-state index in [0.29, 0.717) is 18.0 Å². The summed E-state index contributed by atoms with van der Waals surface area (Å²) in [6.07, 6.45) is 2.04. The second kappa shape index (κ2) is 7.71. The molecule has 0 atom stereocenters. The Bertz CT molecular complexity index is 773. The molecule has 0 saturated heterocycles. The summed E-state index contributed by atoms with van der Waals surface area (Å²) in [4.78, 5) is 0.227. The lowest BCUT2D eigenvalue weighted by Crippen LogP contribution is -2.14. The molecule has 0 aliphatic rings. The van der Waals surface area contributed by atoms with Crippen LogP contribution >= 0.6 is 0 Å². The average Bonchev–Trinajstić information content (AvgIpc) is 2.52. The fourth-order valence-corrected chi connectivity index (χ4v) is 3.79. The number of benzene rings is 2. The predicted octanol–water partition coefficient (Wildman–Crippen LogP) is 4.59. The van der Waals surface area contributed by atoms with Crippen LogP contribution in [0.4, 0.5) is 5.69 Å². The standard InChI is InChI=1S/C19H25NO3S/c1-5-6-11-23-17-7-9-18(10-8-17)24(21,22)20-19-15(3)12-14(2)13-16(19)4/h7-10,12-13,20H,5-6,11H2,1-4H3. The van der Waals surface area contributed by atoms with Gasteiger partial charge in [0.2, 0.25) is 0 Å². The van der Waals surface area contributed by atoms with Crippen molar-refractivity contribution >= 4 is 15.7 Å². The lowest BCUT2D eigenvalue weighted by Gasteiger charge is -2.14. The Hall–Kier alpha value is -2.01. The summed E-state index contributed by atoms with van der Waals surface area (Å²) < 4.78 is 33.5. The van der Waals surface area contributed by atoms with Crippen LogP contribution in [0.25, 0.3) is 0 Å². The van der Waals surface area contributed by atoms with E-state index in [9.17, 15) is 8.42 Å². The van der Waals surface area contributed by atoms with Crippen LogP contribution in [0.2, 0.25) is 0 Å². The van der Waals surface area contributed by atoms with E-state index in [1.54, 1.807) is 24.3 Å². The first-order chi connectivity index (χ1) is 11.3. The van der Waals surface area contributed by atoms with E-state index in [1.165, 1.54) is 0 Å². The fraction of sp³-hybridized carbons (Fsp3) is 0.368. The van der Waals surface area contributed by atoms with Gasteiger partial charge in [0.15, 0.2) is 0 Å². The number of ether oxygens (including phenoxy) is 1.